The van der Waals surface area contributed by atoms with Crippen molar-refractivity contribution in [1.82, 2.24) is 20.0 Å². The Labute approximate surface area is 177 Å². The Bertz CT molecular complexity index is 852. The molecule has 7 nitrogen and oxygen atoms in total. The van der Waals surface area contributed by atoms with Gasteiger partial charge in [0.15, 0.2) is 5.76 Å². The molecular weight excluding hydrogens is 380 g/mol. The molecule has 30 heavy (non-hydrogen) atoms. The summed E-state index contributed by atoms with van der Waals surface area (Å²) >= 11 is 0. The van der Waals surface area contributed by atoms with Gasteiger partial charge in [-0.05, 0) is 50.6 Å². The summed E-state index contributed by atoms with van der Waals surface area (Å²) in [5.41, 5.74) is 1.12. The first-order valence-electron chi connectivity index (χ1n) is 10.8. The molecule has 1 N–H and O–H groups in total. The third kappa shape index (κ3) is 4.84. The van der Waals surface area contributed by atoms with Crippen LogP contribution in [0.3, 0.4) is 0 Å². The summed E-state index contributed by atoms with van der Waals surface area (Å²) in [6.07, 6.45) is 2.45. The van der Waals surface area contributed by atoms with E-state index >= 15 is 0 Å². The summed E-state index contributed by atoms with van der Waals surface area (Å²) in [6, 6.07) is 13.6. The minimum Gasteiger partial charge on any atom is -0.456 e. The lowest BCUT2D eigenvalue weighted by Crippen LogP contribution is -2.54. The Morgan fingerprint density at radius 1 is 0.933 bits per heavy atom. The van der Waals surface area contributed by atoms with Crippen LogP contribution in [0.1, 0.15) is 40.8 Å². The molecule has 0 saturated carbocycles. The van der Waals surface area contributed by atoms with Crippen molar-refractivity contribution in [2.24, 2.45) is 0 Å². The lowest BCUT2D eigenvalue weighted by Gasteiger charge is -2.35. The van der Waals surface area contributed by atoms with E-state index in [1.807, 2.05) is 25.1 Å². The van der Waals surface area contributed by atoms with E-state index in [0.717, 1.165) is 31.0 Å². The molecule has 2 aromatic rings. The summed E-state index contributed by atoms with van der Waals surface area (Å²) in [7, 11) is 0. The Morgan fingerprint density at radius 3 is 2.23 bits per heavy atom. The number of likely N-dealkylation sites (tertiary alicyclic amines) is 1. The molecule has 0 aliphatic carbocycles. The highest BCUT2D eigenvalue weighted by Crippen LogP contribution is 2.19. The number of benzene rings is 1. The van der Waals surface area contributed by atoms with Gasteiger partial charge in [-0.25, -0.2) is 4.79 Å². The van der Waals surface area contributed by atoms with E-state index in [1.54, 1.807) is 21.9 Å². The van der Waals surface area contributed by atoms with Crippen LogP contribution in [0.2, 0.25) is 0 Å². The van der Waals surface area contributed by atoms with E-state index in [2.05, 4.69) is 22.3 Å². The first kappa shape index (κ1) is 20.5. The van der Waals surface area contributed by atoms with Gasteiger partial charge in [0, 0.05) is 32.7 Å². The Hall–Kier alpha value is -2.80. The SMILES string of the molecule is Cc1ccc(C(=O)N2CCN(C(=O)NC(CN3CCCC3)c3ccccc3)CC2)o1. The van der Waals surface area contributed by atoms with Gasteiger partial charge in [-0.3, -0.25) is 4.79 Å². The summed E-state index contributed by atoms with van der Waals surface area (Å²) in [6.45, 7) is 6.88. The Morgan fingerprint density at radius 2 is 1.60 bits per heavy atom. The summed E-state index contributed by atoms with van der Waals surface area (Å²) in [4.78, 5) is 31.5. The van der Waals surface area contributed by atoms with Gasteiger partial charge < -0.3 is 24.4 Å². The van der Waals surface area contributed by atoms with E-state index in [0.29, 0.717) is 31.9 Å². The average Bonchev–Trinajstić information content (AvgIpc) is 3.45. The third-order valence-corrected chi connectivity index (χ3v) is 5.94. The molecule has 1 unspecified atom stereocenters. The van der Waals surface area contributed by atoms with Crippen molar-refractivity contribution in [3.05, 3.63) is 59.5 Å². The largest absolute Gasteiger partial charge is 0.456 e. The number of piperazine rings is 1. The molecule has 4 rings (SSSR count). The normalized spacial score (nSPS) is 18.4. The molecule has 7 heteroatoms. The minimum atomic E-state index is -0.112. The number of hydrogen-bond acceptors (Lipinski definition) is 4. The summed E-state index contributed by atoms with van der Waals surface area (Å²) < 4.78 is 5.45. The second-order valence-electron chi connectivity index (χ2n) is 8.11. The van der Waals surface area contributed by atoms with Gasteiger partial charge in [0.25, 0.3) is 5.91 Å². The quantitative estimate of drug-likeness (QED) is 0.823. The number of nitrogens with zero attached hydrogens (tertiary/aromatic N) is 3. The van der Waals surface area contributed by atoms with Gasteiger partial charge in [0.05, 0.1) is 6.04 Å². The van der Waals surface area contributed by atoms with Crippen LogP contribution in [-0.2, 0) is 0 Å². The zero-order valence-corrected chi connectivity index (χ0v) is 17.5. The molecule has 0 spiro atoms. The van der Waals surface area contributed by atoms with Gasteiger partial charge in [-0.1, -0.05) is 30.3 Å². The van der Waals surface area contributed by atoms with Crippen LogP contribution in [0.25, 0.3) is 0 Å². The Balaban J connectivity index is 1.34. The number of urea groups is 1. The van der Waals surface area contributed by atoms with Crippen molar-refractivity contribution in [2.45, 2.75) is 25.8 Å². The zero-order valence-electron chi connectivity index (χ0n) is 17.5. The second-order valence-corrected chi connectivity index (χ2v) is 8.11. The standard InChI is InChI=1S/C23H30N4O3/c1-18-9-10-21(30-18)22(28)26-13-15-27(16-14-26)23(29)24-20(17-25-11-5-6-12-25)19-7-3-2-4-8-19/h2-4,7-10,20H,5-6,11-17H2,1H3,(H,24,29). The van der Waals surface area contributed by atoms with Crippen molar-refractivity contribution in [3.8, 4) is 0 Å². The lowest BCUT2D eigenvalue weighted by atomic mass is 10.1. The van der Waals surface area contributed by atoms with Crippen LogP contribution in [0.4, 0.5) is 4.79 Å². The Kier molecular flexibility index (Phi) is 6.38. The summed E-state index contributed by atoms with van der Waals surface area (Å²) in [5.74, 6) is 0.973. The number of carbonyl (C=O) groups is 2. The van der Waals surface area contributed by atoms with Crippen molar-refractivity contribution < 1.29 is 14.0 Å². The topological polar surface area (TPSA) is 69.0 Å². The van der Waals surface area contributed by atoms with Crippen molar-refractivity contribution >= 4 is 11.9 Å². The second kappa shape index (κ2) is 9.34. The van der Waals surface area contributed by atoms with Crippen LogP contribution < -0.4 is 5.32 Å². The lowest BCUT2D eigenvalue weighted by molar-refractivity contribution is 0.0630. The molecule has 1 aromatic heterocycles. The van der Waals surface area contributed by atoms with E-state index in [4.69, 9.17) is 4.42 Å². The number of nitrogens with one attached hydrogen (secondary N) is 1. The van der Waals surface area contributed by atoms with E-state index < -0.39 is 0 Å². The number of aryl methyl sites for hydroxylation is 1. The molecule has 2 saturated heterocycles. The highest BCUT2D eigenvalue weighted by molar-refractivity contribution is 5.91. The summed E-state index contributed by atoms with van der Waals surface area (Å²) in [5, 5.41) is 3.23. The molecule has 2 aliphatic heterocycles. The van der Waals surface area contributed by atoms with Gasteiger partial charge in [0.2, 0.25) is 0 Å². The van der Waals surface area contributed by atoms with Gasteiger partial charge in [0.1, 0.15) is 5.76 Å². The molecular formula is C23H30N4O3. The van der Waals surface area contributed by atoms with Crippen LogP contribution >= 0.6 is 0 Å². The smallest absolute Gasteiger partial charge is 0.318 e. The maximum Gasteiger partial charge on any atom is 0.318 e. The molecule has 1 aromatic carbocycles. The molecule has 1 atom stereocenters. The zero-order chi connectivity index (χ0) is 20.9. The number of furan rings is 1. The predicted octanol–water partition coefficient (Wildman–Crippen LogP) is 2.89. The molecule has 3 heterocycles. The number of rotatable bonds is 5. The number of hydrogen-bond donors (Lipinski definition) is 1. The monoisotopic (exact) mass is 410 g/mol. The van der Waals surface area contributed by atoms with Crippen molar-refractivity contribution in [3.63, 3.8) is 0 Å². The average molecular weight is 411 g/mol. The molecule has 0 radical (unpaired) electrons. The fourth-order valence-electron chi connectivity index (χ4n) is 4.20. The first-order chi connectivity index (χ1) is 14.6. The molecule has 3 amide bonds. The number of carbonyl (C=O) groups excluding carboxylic acids is 2. The first-order valence-corrected chi connectivity index (χ1v) is 10.8. The van der Waals surface area contributed by atoms with E-state index in [9.17, 15) is 9.59 Å². The van der Waals surface area contributed by atoms with Crippen molar-refractivity contribution in [1.29, 1.82) is 0 Å². The molecule has 0 bridgehead atoms. The van der Waals surface area contributed by atoms with Gasteiger partial charge >= 0.3 is 6.03 Å². The highest BCUT2D eigenvalue weighted by Gasteiger charge is 2.28. The third-order valence-electron chi connectivity index (χ3n) is 5.94. The fraction of sp³-hybridized carbons (Fsp3) is 0.478. The van der Waals surface area contributed by atoms with Gasteiger partial charge in [-0.2, -0.15) is 0 Å². The van der Waals surface area contributed by atoms with Crippen molar-refractivity contribution in [2.75, 3.05) is 45.8 Å². The van der Waals surface area contributed by atoms with Crippen LogP contribution in [0.5, 0.6) is 0 Å². The van der Waals surface area contributed by atoms with Crippen LogP contribution in [0.15, 0.2) is 46.9 Å². The van der Waals surface area contributed by atoms with Crippen LogP contribution in [-0.4, -0.2) is 72.5 Å². The van der Waals surface area contributed by atoms with Crippen LogP contribution in [0, 0.1) is 6.92 Å². The number of amides is 3. The highest BCUT2D eigenvalue weighted by atomic mass is 16.3. The maximum atomic E-state index is 13.0. The molecule has 160 valence electrons. The van der Waals surface area contributed by atoms with E-state index in [-0.39, 0.29) is 18.0 Å². The molecule has 2 aliphatic rings. The molecule has 2 fully saturated rings. The fourth-order valence-corrected chi connectivity index (χ4v) is 4.20. The minimum absolute atomic E-state index is 0.0393. The maximum absolute atomic E-state index is 13.0. The van der Waals surface area contributed by atoms with E-state index in [1.165, 1.54) is 12.8 Å². The van der Waals surface area contributed by atoms with Gasteiger partial charge in [-0.15, -0.1) is 0 Å². The predicted molar refractivity (Wildman–Crippen MR) is 114 cm³/mol.